The van der Waals surface area contributed by atoms with Crippen LogP contribution in [-0.2, 0) is 0 Å². The maximum absolute atomic E-state index is 13.2. The molecule has 2 rings (SSSR count). The van der Waals surface area contributed by atoms with Crippen molar-refractivity contribution in [2.24, 2.45) is 0 Å². The lowest BCUT2D eigenvalue weighted by Gasteiger charge is -2.18. The van der Waals surface area contributed by atoms with E-state index in [1.807, 2.05) is 32.2 Å². The van der Waals surface area contributed by atoms with Gasteiger partial charge in [0.25, 0.3) is 0 Å². The number of aryl methyl sites for hydroxylation is 1. The molecule has 1 atom stereocenters. The summed E-state index contributed by atoms with van der Waals surface area (Å²) in [7, 11) is 1.94. The quantitative estimate of drug-likeness (QED) is 0.763. The molecule has 0 aromatic heterocycles. The molecule has 0 aliphatic heterocycles. The van der Waals surface area contributed by atoms with Crippen molar-refractivity contribution in [1.29, 1.82) is 0 Å². The Morgan fingerprint density at radius 2 is 1.90 bits per heavy atom. The van der Waals surface area contributed by atoms with Crippen LogP contribution in [0.1, 0.15) is 17.2 Å². The van der Waals surface area contributed by atoms with Gasteiger partial charge in [-0.25, -0.2) is 4.39 Å². The van der Waals surface area contributed by atoms with Gasteiger partial charge in [0.15, 0.2) is 0 Å². The number of thioether (sulfide) groups is 1. The third-order valence-corrected chi connectivity index (χ3v) is 4.82. The van der Waals surface area contributed by atoms with Gasteiger partial charge in [0, 0.05) is 21.2 Å². The van der Waals surface area contributed by atoms with E-state index in [9.17, 15) is 4.39 Å². The minimum atomic E-state index is -0.179. The van der Waals surface area contributed by atoms with Crippen molar-refractivity contribution >= 4 is 27.7 Å². The Balaban J connectivity index is 2.07. The second-order valence-corrected chi connectivity index (χ2v) is 6.62. The maximum Gasteiger partial charge on any atom is 0.123 e. The summed E-state index contributed by atoms with van der Waals surface area (Å²) in [5.41, 5.74) is 2.14. The number of rotatable bonds is 5. The first-order valence-corrected chi connectivity index (χ1v) is 8.19. The lowest BCUT2D eigenvalue weighted by atomic mass is 10.0. The molecule has 1 unspecified atom stereocenters. The van der Waals surface area contributed by atoms with E-state index in [0.29, 0.717) is 0 Å². The molecule has 0 spiro atoms. The summed E-state index contributed by atoms with van der Waals surface area (Å²) in [4.78, 5) is 1.23. The Hall–Kier alpha value is -0.840. The molecule has 106 valence electrons. The molecule has 1 N–H and O–H groups in total. The first-order chi connectivity index (χ1) is 9.60. The molecule has 0 radical (unpaired) electrons. The van der Waals surface area contributed by atoms with Crippen molar-refractivity contribution in [3.8, 4) is 0 Å². The summed E-state index contributed by atoms with van der Waals surface area (Å²) in [5.74, 6) is 0.728. The van der Waals surface area contributed by atoms with E-state index in [1.165, 1.54) is 11.0 Å². The summed E-state index contributed by atoms with van der Waals surface area (Å²) in [6.07, 6.45) is 0. The second-order valence-electron chi connectivity index (χ2n) is 4.61. The van der Waals surface area contributed by atoms with Crippen LogP contribution in [0.4, 0.5) is 4.39 Å². The number of hydrogen-bond donors (Lipinski definition) is 1. The summed E-state index contributed by atoms with van der Waals surface area (Å²) in [5, 5.41) is 3.31. The molecule has 0 fully saturated rings. The Bertz CT molecular complexity index is 571. The van der Waals surface area contributed by atoms with Gasteiger partial charge in [0.05, 0.1) is 0 Å². The van der Waals surface area contributed by atoms with Gasteiger partial charge in [-0.1, -0.05) is 22.0 Å². The summed E-state index contributed by atoms with van der Waals surface area (Å²) in [6.45, 7) is 1.95. The van der Waals surface area contributed by atoms with E-state index in [-0.39, 0.29) is 11.9 Å². The molecule has 2 aromatic carbocycles. The molecule has 0 aliphatic carbocycles. The van der Waals surface area contributed by atoms with Crippen LogP contribution in [0.25, 0.3) is 0 Å². The van der Waals surface area contributed by atoms with Crippen LogP contribution < -0.4 is 5.32 Å². The number of hydrogen-bond acceptors (Lipinski definition) is 2. The predicted molar refractivity (Wildman–Crippen MR) is 87.8 cm³/mol. The Morgan fingerprint density at radius 1 is 1.20 bits per heavy atom. The van der Waals surface area contributed by atoms with Crippen molar-refractivity contribution in [3.05, 3.63) is 63.9 Å². The van der Waals surface area contributed by atoms with Gasteiger partial charge >= 0.3 is 0 Å². The predicted octanol–water partition coefficient (Wildman–Crippen LogP) is 4.95. The molecule has 0 saturated heterocycles. The third kappa shape index (κ3) is 4.08. The normalized spacial score (nSPS) is 12.4. The van der Waals surface area contributed by atoms with Gasteiger partial charge in [-0.05, 0) is 61.5 Å². The van der Waals surface area contributed by atoms with E-state index in [1.54, 1.807) is 17.8 Å². The fourth-order valence-corrected chi connectivity index (χ4v) is 3.37. The molecule has 0 bridgehead atoms. The van der Waals surface area contributed by atoms with Crippen LogP contribution in [0.3, 0.4) is 0 Å². The molecular weight excluding hydrogens is 337 g/mol. The lowest BCUT2D eigenvalue weighted by Crippen LogP contribution is -2.19. The summed E-state index contributed by atoms with van der Waals surface area (Å²) in [6, 6.07) is 13.5. The van der Waals surface area contributed by atoms with Crippen LogP contribution in [0.15, 0.2) is 51.8 Å². The zero-order valence-electron chi connectivity index (χ0n) is 11.5. The molecule has 0 amide bonds. The minimum absolute atomic E-state index is 0.179. The Labute approximate surface area is 132 Å². The fraction of sp³-hybridized carbons (Fsp3) is 0.250. The average Bonchev–Trinajstić information content (AvgIpc) is 2.43. The van der Waals surface area contributed by atoms with Crippen LogP contribution in [0, 0.1) is 12.7 Å². The average molecular weight is 354 g/mol. The van der Waals surface area contributed by atoms with Gasteiger partial charge in [-0.15, -0.1) is 11.8 Å². The standard InChI is InChI=1S/C16H17BrFNS/c1-11-9-13(18)5-8-15(11)16(19-2)10-20-14-6-3-12(17)4-7-14/h3-9,16,19H,10H2,1-2H3. The van der Waals surface area contributed by atoms with Crippen molar-refractivity contribution in [2.75, 3.05) is 12.8 Å². The van der Waals surface area contributed by atoms with Crippen LogP contribution in [0.2, 0.25) is 0 Å². The van der Waals surface area contributed by atoms with E-state index in [4.69, 9.17) is 0 Å². The highest BCUT2D eigenvalue weighted by Crippen LogP contribution is 2.27. The topological polar surface area (TPSA) is 12.0 Å². The fourth-order valence-electron chi connectivity index (χ4n) is 2.07. The van der Waals surface area contributed by atoms with E-state index < -0.39 is 0 Å². The SMILES string of the molecule is CNC(CSc1ccc(Br)cc1)c1ccc(F)cc1C. The van der Waals surface area contributed by atoms with Gasteiger partial charge in [-0.3, -0.25) is 0 Å². The van der Waals surface area contributed by atoms with Crippen molar-refractivity contribution in [2.45, 2.75) is 17.9 Å². The van der Waals surface area contributed by atoms with Crippen molar-refractivity contribution in [1.82, 2.24) is 5.32 Å². The second kappa shape index (κ2) is 7.25. The van der Waals surface area contributed by atoms with E-state index in [0.717, 1.165) is 21.4 Å². The number of halogens is 2. The first kappa shape index (κ1) is 15.5. The van der Waals surface area contributed by atoms with Crippen LogP contribution >= 0.6 is 27.7 Å². The van der Waals surface area contributed by atoms with E-state index >= 15 is 0 Å². The molecule has 4 heteroatoms. The monoisotopic (exact) mass is 353 g/mol. The van der Waals surface area contributed by atoms with Gasteiger partial charge in [0.2, 0.25) is 0 Å². The molecule has 0 saturated carbocycles. The molecule has 0 heterocycles. The van der Waals surface area contributed by atoms with E-state index in [2.05, 4.69) is 33.4 Å². The van der Waals surface area contributed by atoms with Crippen LogP contribution in [0.5, 0.6) is 0 Å². The Kier molecular flexibility index (Phi) is 5.64. The minimum Gasteiger partial charge on any atom is -0.312 e. The molecule has 0 aliphatic rings. The number of nitrogens with one attached hydrogen (secondary N) is 1. The lowest BCUT2D eigenvalue weighted by molar-refractivity contribution is 0.617. The van der Waals surface area contributed by atoms with Gasteiger partial charge in [-0.2, -0.15) is 0 Å². The molecular formula is C16H17BrFNS. The summed E-state index contributed by atoms with van der Waals surface area (Å²) < 4.78 is 14.3. The molecule has 2 aromatic rings. The highest BCUT2D eigenvalue weighted by atomic mass is 79.9. The highest BCUT2D eigenvalue weighted by molar-refractivity contribution is 9.10. The van der Waals surface area contributed by atoms with Crippen molar-refractivity contribution < 1.29 is 4.39 Å². The smallest absolute Gasteiger partial charge is 0.123 e. The molecule has 1 nitrogen and oxygen atoms in total. The van der Waals surface area contributed by atoms with Crippen LogP contribution in [-0.4, -0.2) is 12.8 Å². The number of benzene rings is 2. The summed E-state index contributed by atoms with van der Waals surface area (Å²) >= 11 is 5.23. The maximum atomic E-state index is 13.2. The zero-order valence-corrected chi connectivity index (χ0v) is 13.9. The van der Waals surface area contributed by atoms with Crippen molar-refractivity contribution in [3.63, 3.8) is 0 Å². The zero-order chi connectivity index (χ0) is 14.5. The largest absolute Gasteiger partial charge is 0.312 e. The molecule has 20 heavy (non-hydrogen) atoms. The Morgan fingerprint density at radius 3 is 2.50 bits per heavy atom. The van der Waals surface area contributed by atoms with Gasteiger partial charge in [0.1, 0.15) is 5.82 Å². The third-order valence-electron chi connectivity index (χ3n) is 3.19. The first-order valence-electron chi connectivity index (χ1n) is 6.42. The van der Waals surface area contributed by atoms with Gasteiger partial charge < -0.3 is 5.32 Å². The highest BCUT2D eigenvalue weighted by Gasteiger charge is 2.12.